The van der Waals surface area contributed by atoms with Crippen LogP contribution in [0.1, 0.15) is 25.8 Å². The van der Waals surface area contributed by atoms with E-state index in [9.17, 15) is 14.8 Å². The first kappa shape index (κ1) is 19.9. The standard InChI is InChI=1S/C17H27N3O4/c1-13(2)20(18-23)11-15(21)12-24-16-8-5-14(6-9-16)7-10-17(22)19(3)4/h5-6,8-9,13,15,21H,7,10-12H2,1-4H3. The molecule has 0 aliphatic carbocycles. The fourth-order valence-corrected chi connectivity index (χ4v) is 2.03. The molecule has 0 aliphatic rings. The molecule has 0 radical (unpaired) electrons. The van der Waals surface area contributed by atoms with Crippen LogP contribution in [0.15, 0.2) is 29.6 Å². The number of carbonyl (C=O) groups is 1. The SMILES string of the molecule is CC(C)N(CC(O)COc1ccc(CCC(=O)N(C)C)cc1)N=O. The highest BCUT2D eigenvalue weighted by Gasteiger charge is 2.14. The molecule has 0 aromatic heterocycles. The monoisotopic (exact) mass is 337 g/mol. The Bertz CT molecular complexity index is 517. The zero-order valence-corrected chi connectivity index (χ0v) is 14.8. The zero-order chi connectivity index (χ0) is 18.1. The summed E-state index contributed by atoms with van der Waals surface area (Å²) in [4.78, 5) is 23.8. The van der Waals surface area contributed by atoms with Gasteiger partial charge in [0.15, 0.2) is 0 Å². The van der Waals surface area contributed by atoms with Gasteiger partial charge in [0.25, 0.3) is 0 Å². The van der Waals surface area contributed by atoms with Gasteiger partial charge in [-0.3, -0.25) is 9.80 Å². The summed E-state index contributed by atoms with van der Waals surface area (Å²) in [6.07, 6.45) is 0.340. The number of hydrogen-bond acceptors (Lipinski definition) is 5. The number of nitrogens with zero attached hydrogens (tertiary/aromatic N) is 3. The van der Waals surface area contributed by atoms with Crippen LogP contribution in [0.3, 0.4) is 0 Å². The van der Waals surface area contributed by atoms with Crippen molar-refractivity contribution < 1.29 is 14.6 Å². The third-order valence-electron chi connectivity index (χ3n) is 3.59. The minimum Gasteiger partial charge on any atom is -0.491 e. The Labute approximate surface area is 143 Å². The Hall–Kier alpha value is -2.15. The van der Waals surface area contributed by atoms with E-state index in [4.69, 9.17) is 4.74 Å². The molecule has 134 valence electrons. The number of aryl methyl sites for hydroxylation is 1. The largest absolute Gasteiger partial charge is 0.491 e. The van der Waals surface area contributed by atoms with Crippen molar-refractivity contribution in [3.05, 3.63) is 34.7 Å². The van der Waals surface area contributed by atoms with E-state index in [2.05, 4.69) is 5.29 Å². The summed E-state index contributed by atoms with van der Waals surface area (Å²) in [5.74, 6) is 0.726. The van der Waals surface area contributed by atoms with Crippen LogP contribution in [-0.4, -0.2) is 60.3 Å². The number of ether oxygens (including phenoxy) is 1. The Balaban J connectivity index is 2.41. The highest BCUT2D eigenvalue weighted by Crippen LogP contribution is 2.14. The topological polar surface area (TPSA) is 82.4 Å². The smallest absolute Gasteiger partial charge is 0.222 e. The maximum absolute atomic E-state index is 11.6. The maximum atomic E-state index is 11.6. The molecular weight excluding hydrogens is 310 g/mol. The van der Waals surface area contributed by atoms with Gasteiger partial charge in [0.1, 0.15) is 18.5 Å². The summed E-state index contributed by atoms with van der Waals surface area (Å²) < 4.78 is 5.52. The normalized spacial score (nSPS) is 11.9. The predicted molar refractivity (Wildman–Crippen MR) is 92.6 cm³/mol. The Morgan fingerprint density at radius 3 is 2.38 bits per heavy atom. The molecule has 0 spiro atoms. The lowest BCUT2D eigenvalue weighted by Crippen LogP contribution is -2.36. The second-order valence-corrected chi connectivity index (χ2v) is 6.19. The Morgan fingerprint density at radius 2 is 1.88 bits per heavy atom. The van der Waals surface area contributed by atoms with Crippen LogP contribution in [0.25, 0.3) is 0 Å². The van der Waals surface area contributed by atoms with Crippen LogP contribution in [-0.2, 0) is 11.2 Å². The van der Waals surface area contributed by atoms with E-state index >= 15 is 0 Å². The quantitative estimate of drug-likeness (QED) is 0.520. The first-order chi connectivity index (χ1) is 11.3. The molecular formula is C17H27N3O4. The predicted octanol–water partition coefficient (Wildman–Crippen LogP) is 1.84. The second kappa shape index (κ2) is 9.87. The summed E-state index contributed by atoms with van der Waals surface area (Å²) >= 11 is 0. The van der Waals surface area contributed by atoms with Gasteiger partial charge in [0.2, 0.25) is 5.91 Å². The number of amides is 1. The Morgan fingerprint density at radius 1 is 1.25 bits per heavy atom. The van der Waals surface area contributed by atoms with Crippen LogP contribution >= 0.6 is 0 Å². The molecule has 1 amide bonds. The highest BCUT2D eigenvalue weighted by molar-refractivity contribution is 5.75. The molecule has 0 bridgehead atoms. The Kier molecular flexibility index (Phi) is 8.18. The lowest BCUT2D eigenvalue weighted by Gasteiger charge is -2.22. The lowest BCUT2D eigenvalue weighted by atomic mass is 10.1. The summed E-state index contributed by atoms with van der Waals surface area (Å²) in [5.41, 5.74) is 1.05. The molecule has 1 rings (SSSR count). The van der Waals surface area contributed by atoms with Crippen molar-refractivity contribution in [2.24, 2.45) is 5.29 Å². The van der Waals surface area contributed by atoms with E-state index in [1.165, 1.54) is 5.01 Å². The fourth-order valence-electron chi connectivity index (χ4n) is 2.03. The number of aliphatic hydroxyl groups excluding tert-OH is 1. The third kappa shape index (κ3) is 6.95. The molecule has 1 aromatic rings. The molecule has 0 aliphatic heterocycles. The fraction of sp³-hybridized carbons (Fsp3) is 0.588. The van der Waals surface area contributed by atoms with Gasteiger partial charge >= 0.3 is 0 Å². The van der Waals surface area contributed by atoms with Gasteiger partial charge in [-0.25, -0.2) is 0 Å². The number of hydrogen-bond donors (Lipinski definition) is 1. The maximum Gasteiger partial charge on any atom is 0.222 e. The number of benzene rings is 1. The van der Waals surface area contributed by atoms with Crippen LogP contribution in [0.4, 0.5) is 0 Å². The zero-order valence-electron chi connectivity index (χ0n) is 14.8. The molecule has 7 nitrogen and oxygen atoms in total. The first-order valence-electron chi connectivity index (χ1n) is 8.03. The third-order valence-corrected chi connectivity index (χ3v) is 3.59. The van der Waals surface area contributed by atoms with Gasteiger partial charge in [-0.05, 0) is 38.0 Å². The van der Waals surface area contributed by atoms with Gasteiger partial charge in [0, 0.05) is 26.6 Å². The van der Waals surface area contributed by atoms with Gasteiger partial charge in [-0.2, -0.15) is 0 Å². The second-order valence-electron chi connectivity index (χ2n) is 6.19. The number of rotatable bonds is 10. The van der Waals surface area contributed by atoms with E-state index in [1.807, 2.05) is 26.0 Å². The molecule has 1 atom stereocenters. The molecule has 7 heteroatoms. The van der Waals surface area contributed by atoms with Crippen molar-refractivity contribution >= 4 is 5.91 Å². The van der Waals surface area contributed by atoms with Gasteiger partial charge in [-0.15, -0.1) is 4.91 Å². The number of aliphatic hydroxyl groups is 1. The van der Waals surface area contributed by atoms with E-state index in [-0.39, 0.29) is 25.1 Å². The average molecular weight is 337 g/mol. The summed E-state index contributed by atoms with van der Waals surface area (Å²) in [6, 6.07) is 7.35. The van der Waals surface area contributed by atoms with E-state index in [0.717, 1.165) is 5.56 Å². The van der Waals surface area contributed by atoms with Crippen LogP contribution in [0, 0.1) is 4.91 Å². The van der Waals surface area contributed by atoms with E-state index < -0.39 is 6.10 Å². The lowest BCUT2D eigenvalue weighted by molar-refractivity contribution is -0.128. The van der Waals surface area contributed by atoms with Gasteiger partial charge in [0.05, 0.1) is 11.8 Å². The number of nitroso groups, excluding NO2 is 1. The van der Waals surface area contributed by atoms with Crippen LogP contribution < -0.4 is 4.74 Å². The van der Waals surface area contributed by atoms with Gasteiger partial charge in [-0.1, -0.05) is 12.1 Å². The summed E-state index contributed by atoms with van der Waals surface area (Å²) in [5, 5.41) is 14.1. The summed E-state index contributed by atoms with van der Waals surface area (Å²) in [7, 11) is 3.48. The average Bonchev–Trinajstić information content (AvgIpc) is 2.56. The van der Waals surface area contributed by atoms with Crippen molar-refractivity contribution in [3.8, 4) is 5.75 Å². The molecule has 0 saturated carbocycles. The molecule has 1 N–H and O–H groups in total. The van der Waals surface area contributed by atoms with Gasteiger partial charge < -0.3 is 14.7 Å². The molecule has 1 aromatic carbocycles. The minimum absolute atomic E-state index is 0.0682. The van der Waals surface area contributed by atoms with E-state index in [0.29, 0.717) is 18.6 Å². The van der Waals surface area contributed by atoms with Crippen molar-refractivity contribution in [2.75, 3.05) is 27.2 Å². The van der Waals surface area contributed by atoms with Crippen LogP contribution in [0.5, 0.6) is 5.75 Å². The van der Waals surface area contributed by atoms with Crippen molar-refractivity contribution in [1.82, 2.24) is 9.91 Å². The molecule has 0 fully saturated rings. The molecule has 24 heavy (non-hydrogen) atoms. The molecule has 0 saturated heterocycles. The van der Waals surface area contributed by atoms with E-state index in [1.54, 1.807) is 31.1 Å². The van der Waals surface area contributed by atoms with Crippen molar-refractivity contribution in [1.29, 1.82) is 0 Å². The first-order valence-corrected chi connectivity index (χ1v) is 8.03. The highest BCUT2D eigenvalue weighted by atomic mass is 16.5. The van der Waals surface area contributed by atoms with Crippen LogP contribution in [0.2, 0.25) is 0 Å². The van der Waals surface area contributed by atoms with Crippen molar-refractivity contribution in [2.45, 2.75) is 38.8 Å². The van der Waals surface area contributed by atoms with Crippen molar-refractivity contribution in [3.63, 3.8) is 0 Å². The molecule has 0 heterocycles. The minimum atomic E-state index is -0.803. The molecule has 1 unspecified atom stereocenters. The summed E-state index contributed by atoms with van der Waals surface area (Å²) in [6.45, 7) is 3.87. The number of carbonyl (C=O) groups excluding carboxylic acids is 1.